The van der Waals surface area contributed by atoms with Gasteiger partial charge in [0.05, 0.1) is 11.5 Å². The molecule has 0 fully saturated rings. The zero-order valence-electron chi connectivity index (χ0n) is 7.03. The number of benzene rings is 1. The number of hydrogen-bond acceptors (Lipinski definition) is 3. The minimum atomic E-state index is -0.380. The lowest BCUT2D eigenvalue weighted by molar-refractivity contribution is -0.384. The molecule has 4 heteroatoms. The van der Waals surface area contributed by atoms with Crippen molar-refractivity contribution in [2.45, 2.75) is 12.8 Å². The first-order chi connectivity index (χ1) is 6.27. The Hall–Kier alpha value is -1.58. The Morgan fingerprint density at radius 1 is 1.46 bits per heavy atom. The topological polar surface area (TPSA) is 52.4 Å². The third-order valence-electron chi connectivity index (χ3n) is 2.10. The third kappa shape index (κ3) is 1.47. The summed E-state index contributed by atoms with van der Waals surface area (Å²) in [7, 11) is 0. The average Bonchev–Trinajstić information content (AvgIpc) is 2.17. The minimum absolute atomic E-state index is 0.143. The van der Waals surface area contributed by atoms with E-state index in [1.807, 2.05) is 0 Å². The Kier molecular flexibility index (Phi) is 1.88. The molecule has 1 aromatic carbocycles. The second-order valence-corrected chi connectivity index (χ2v) is 3.00. The highest BCUT2D eigenvalue weighted by atomic mass is 16.6. The van der Waals surface area contributed by atoms with Gasteiger partial charge >= 0.3 is 0 Å². The van der Waals surface area contributed by atoms with Gasteiger partial charge in [0.25, 0.3) is 5.69 Å². The number of rotatable bonds is 1. The van der Waals surface area contributed by atoms with E-state index < -0.39 is 0 Å². The smallest absolute Gasteiger partial charge is 0.269 e. The molecule has 1 aliphatic rings. The Balaban J connectivity index is 2.40. The van der Waals surface area contributed by atoms with Crippen molar-refractivity contribution < 1.29 is 9.66 Å². The predicted molar refractivity (Wildman–Crippen MR) is 46.9 cm³/mol. The lowest BCUT2D eigenvalue weighted by Gasteiger charge is -2.15. The lowest BCUT2D eigenvalue weighted by Crippen LogP contribution is -2.08. The number of nitro groups is 1. The monoisotopic (exact) mass is 179 g/mol. The molecular formula is C9H9NO3. The van der Waals surface area contributed by atoms with Crippen LogP contribution in [0, 0.1) is 10.1 Å². The number of ether oxygens (including phenoxy) is 1. The lowest BCUT2D eigenvalue weighted by atomic mass is 10.1. The summed E-state index contributed by atoms with van der Waals surface area (Å²) in [5.74, 6) is 0.789. The average molecular weight is 179 g/mol. The van der Waals surface area contributed by atoms with E-state index in [1.165, 1.54) is 6.07 Å². The molecule has 0 N–H and O–H groups in total. The molecule has 0 unspecified atom stereocenters. The van der Waals surface area contributed by atoms with Crippen molar-refractivity contribution in [1.82, 2.24) is 0 Å². The van der Waals surface area contributed by atoms with Crippen molar-refractivity contribution in [1.29, 1.82) is 0 Å². The Labute approximate surface area is 75.3 Å². The molecule has 13 heavy (non-hydrogen) atoms. The number of non-ortho nitro benzene ring substituents is 1. The molecule has 0 aliphatic carbocycles. The number of nitro benzene ring substituents is 1. The van der Waals surface area contributed by atoms with Crippen molar-refractivity contribution in [3.8, 4) is 5.75 Å². The Morgan fingerprint density at radius 2 is 2.31 bits per heavy atom. The van der Waals surface area contributed by atoms with Gasteiger partial charge in [0.15, 0.2) is 0 Å². The fourth-order valence-electron chi connectivity index (χ4n) is 1.46. The molecule has 0 amide bonds. The van der Waals surface area contributed by atoms with Crippen molar-refractivity contribution >= 4 is 5.69 Å². The molecular weight excluding hydrogens is 170 g/mol. The molecule has 1 heterocycles. The van der Waals surface area contributed by atoms with Crippen LogP contribution >= 0.6 is 0 Å². The van der Waals surface area contributed by atoms with Crippen LogP contribution in [0.15, 0.2) is 18.2 Å². The number of hydrogen-bond donors (Lipinski definition) is 0. The molecule has 0 atom stereocenters. The number of fused-ring (bicyclic) bond motifs is 1. The highest BCUT2D eigenvalue weighted by Crippen LogP contribution is 2.28. The molecule has 68 valence electrons. The van der Waals surface area contributed by atoms with Gasteiger partial charge in [-0.3, -0.25) is 10.1 Å². The van der Waals surface area contributed by atoms with Gasteiger partial charge in [0, 0.05) is 17.7 Å². The van der Waals surface area contributed by atoms with E-state index in [0.717, 1.165) is 24.2 Å². The van der Waals surface area contributed by atoms with Gasteiger partial charge in [0.1, 0.15) is 5.75 Å². The molecule has 4 nitrogen and oxygen atoms in total. The van der Waals surface area contributed by atoms with Crippen LogP contribution in [-0.2, 0) is 6.42 Å². The summed E-state index contributed by atoms with van der Waals surface area (Å²) in [4.78, 5) is 10.1. The normalized spacial score (nSPS) is 14.5. The first-order valence-corrected chi connectivity index (χ1v) is 4.17. The van der Waals surface area contributed by atoms with Crippen LogP contribution in [0.2, 0.25) is 0 Å². The highest BCUT2D eigenvalue weighted by molar-refractivity contribution is 5.44. The van der Waals surface area contributed by atoms with Crippen LogP contribution in [0.5, 0.6) is 5.75 Å². The van der Waals surface area contributed by atoms with Gasteiger partial charge in [-0.05, 0) is 18.9 Å². The highest BCUT2D eigenvalue weighted by Gasteiger charge is 2.14. The van der Waals surface area contributed by atoms with Crippen LogP contribution in [0.25, 0.3) is 0 Å². The van der Waals surface area contributed by atoms with Gasteiger partial charge in [0.2, 0.25) is 0 Å². The van der Waals surface area contributed by atoms with E-state index in [0.29, 0.717) is 6.61 Å². The van der Waals surface area contributed by atoms with Crippen molar-refractivity contribution in [2.24, 2.45) is 0 Å². The predicted octanol–water partition coefficient (Wildman–Crippen LogP) is 1.92. The maximum absolute atomic E-state index is 10.5. The molecule has 1 aliphatic heterocycles. The third-order valence-corrected chi connectivity index (χ3v) is 2.10. The summed E-state index contributed by atoms with van der Waals surface area (Å²) in [6.07, 6.45) is 1.81. The molecule has 1 aromatic rings. The van der Waals surface area contributed by atoms with Crippen molar-refractivity contribution in [3.05, 3.63) is 33.9 Å². The van der Waals surface area contributed by atoms with Gasteiger partial charge in [-0.2, -0.15) is 0 Å². The standard InChI is InChI=1S/C9H9NO3/c11-10(12)8-3-4-9-7(6-8)2-1-5-13-9/h3-4,6H,1-2,5H2. The van der Waals surface area contributed by atoms with Crippen LogP contribution in [0.1, 0.15) is 12.0 Å². The second-order valence-electron chi connectivity index (χ2n) is 3.00. The zero-order valence-corrected chi connectivity index (χ0v) is 7.03. The van der Waals surface area contributed by atoms with Crippen LogP contribution in [-0.4, -0.2) is 11.5 Å². The largest absolute Gasteiger partial charge is 0.493 e. The maximum atomic E-state index is 10.5. The van der Waals surface area contributed by atoms with Gasteiger partial charge in [-0.15, -0.1) is 0 Å². The van der Waals surface area contributed by atoms with E-state index >= 15 is 0 Å². The molecule has 0 aromatic heterocycles. The SMILES string of the molecule is O=[N+]([O-])c1ccc2c(c1)CCCO2. The van der Waals surface area contributed by atoms with Crippen LogP contribution in [0.3, 0.4) is 0 Å². The summed E-state index contributed by atoms with van der Waals surface area (Å²) in [5, 5.41) is 10.5. The molecule has 0 saturated carbocycles. The zero-order chi connectivity index (χ0) is 9.26. The Morgan fingerprint density at radius 3 is 3.08 bits per heavy atom. The van der Waals surface area contributed by atoms with Gasteiger partial charge in [-0.25, -0.2) is 0 Å². The Bertz CT molecular complexity index is 349. The summed E-state index contributed by atoms with van der Waals surface area (Å²) < 4.78 is 5.34. The summed E-state index contributed by atoms with van der Waals surface area (Å²) >= 11 is 0. The van der Waals surface area contributed by atoms with Crippen molar-refractivity contribution in [3.63, 3.8) is 0 Å². The minimum Gasteiger partial charge on any atom is -0.493 e. The fraction of sp³-hybridized carbons (Fsp3) is 0.333. The summed E-state index contributed by atoms with van der Waals surface area (Å²) in [5.41, 5.74) is 1.09. The van der Waals surface area contributed by atoms with Crippen LogP contribution < -0.4 is 4.74 Å². The van der Waals surface area contributed by atoms with Gasteiger partial charge in [-0.1, -0.05) is 0 Å². The summed E-state index contributed by atoms with van der Waals surface area (Å²) in [6, 6.07) is 4.74. The molecule has 0 saturated heterocycles. The first kappa shape index (κ1) is 8.04. The number of aryl methyl sites for hydroxylation is 1. The van der Waals surface area contributed by atoms with E-state index in [4.69, 9.17) is 4.74 Å². The molecule has 2 rings (SSSR count). The van der Waals surface area contributed by atoms with Crippen LogP contribution in [0.4, 0.5) is 5.69 Å². The van der Waals surface area contributed by atoms with Crippen molar-refractivity contribution in [2.75, 3.05) is 6.61 Å². The first-order valence-electron chi connectivity index (χ1n) is 4.17. The quantitative estimate of drug-likeness (QED) is 0.488. The molecule has 0 radical (unpaired) electrons. The van der Waals surface area contributed by atoms with E-state index in [-0.39, 0.29) is 10.6 Å². The fourth-order valence-corrected chi connectivity index (χ4v) is 1.46. The van der Waals surface area contributed by atoms with E-state index in [2.05, 4.69) is 0 Å². The number of nitrogens with zero attached hydrogens (tertiary/aromatic N) is 1. The van der Waals surface area contributed by atoms with E-state index in [1.54, 1.807) is 12.1 Å². The molecule has 0 spiro atoms. The van der Waals surface area contributed by atoms with Gasteiger partial charge < -0.3 is 4.74 Å². The second kappa shape index (κ2) is 3.05. The maximum Gasteiger partial charge on any atom is 0.269 e. The summed E-state index contributed by atoms with van der Waals surface area (Å²) in [6.45, 7) is 0.713. The van der Waals surface area contributed by atoms with E-state index in [9.17, 15) is 10.1 Å². The molecule has 0 bridgehead atoms.